The van der Waals surface area contributed by atoms with Crippen LogP contribution in [0.4, 0.5) is 5.69 Å². The summed E-state index contributed by atoms with van der Waals surface area (Å²) in [5.74, 6) is 0.418. The zero-order valence-corrected chi connectivity index (χ0v) is 18.4. The summed E-state index contributed by atoms with van der Waals surface area (Å²) in [7, 11) is 1.81. The summed E-state index contributed by atoms with van der Waals surface area (Å²) in [6, 6.07) is 14.0. The van der Waals surface area contributed by atoms with Crippen molar-refractivity contribution in [3.8, 4) is 0 Å². The minimum atomic E-state index is -0.340. The van der Waals surface area contributed by atoms with Crippen LogP contribution in [0.1, 0.15) is 34.7 Å². The highest BCUT2D eigenvalue weighted by molar-refractivity contribution is 7.99. The first-order chi connectivity index (χ1) is 14.3. The quantitative estimate of drug-likeness (QED) is 0.539. The van der Waals surface area contributed by atoms with E-state index in [1.54, 1.807) is 35.9 Å². The number of amides is 2. The molecular formula is C21H22ClN5O2S. The predicted molar refractivity (Wildman–Crippen MR) is 119 cm³/mol. The summed E-state index contributed by atoms with van der Waals surface area (Å²) in [5, 5.41) is 15.2. The second kappa shape index (κ2) is 9.77. The van der Waals surface area contributed by atoms with E-state index >= 15 is 0 Å². The van der Waals surface area contributed by atoms with Crippen molar-refractivity contribution < 1.29 is 9.59 Å². The number of aromatic nitrogens is 3. The lowest BCUT2D eigenvalue weighted by Gasteiger charge is -2.13. The fraction of sp³-hybridized carbons (Fsp3) is 0.238. The summed E-state index contributed by atoms with van der Waals surface area (Å²) in [5.41, 5.74) is 2.17. The van der Waals surface area contributed by atoms with E-state index in [9.17, 15) is 9.59 Å². The Balaban J connectivity index is 1.57. The predicted octanol–water partition coefficient (Wildman–Crippen LogP) is 4.00. The lowest BCUT2D eigenvalue weighted by molar-refractivity contribution is -0.113. The van der Waals surface area contributed by atoms with Crippen LogP contribution in [-0.2, 0) is 11.8 Å². The van der Waals surface area contributed by atoms with E-state index in [0.29, 0.717) is 27.3 Å². The Hall–Kier alpha value is -2.84. The van der Waals surface area contributed by atoms with Crippen molar-refractivity contribution in [1.29, 1.82) is 0 Å². The van der Waals surface area contributed by atoms with Crippen LogP contribution in [0.25, 0.3) is 0 Å². The summed E-state index contributed by atoms with van der Waals surface area (Å²) < 4.78 is 1.77. The molecule has 7 nitrogen and oxygen atoms in total. The third kappa shape index (κ3) is 5.40. The molecule has 9 heteroatoms. The fourth-order valence-electron chi connectivity index (χ4n) is 2.76. The van der Waals surface area contributed by atoms with Crippen molar-refractivity contribution in [2.75, 3.05) is 11.1 Å². The van der Waals surface area contributed by atoms with E-state index in [-0.39, 0.29) is 23.6 Å². The SMILES string of the molecule is Cc1ccc(NC(=O)CSc2nnc([C@@H](C)NC(=O)c3ccccc3)n2C)cc1Cl. The van der Waals surface area contributed by atoms with Gasteiger partial charge in [-0.25, -0.2) is 0 Å². The van der Waals surface area contributed by atoms with Gasteiger partial charge in [0.15, 0.2) is 11.0 Å². The molecule has 30 heavy (non-hydrogen) atoms. The number of nitrogens with zero attached hydrogens (tertiary/aromatic N) is 3. The van der Waals surface area contributed by atoms with Crippen molar-refractivity contribution in [2.24, 2.45) is 7.05 Å². The molecule has 0 unspecified atom stereocenters. The average Bonchev–Trinajstić information content (AvgIpc) is 3.10. The topological polar surface area (TPSA) is 88.9 Å². The van der Waals surface area contributed by atoms with E-state index < -0.39 is 0 Å². The van der Waals surface area contributed by atoms with Crippen LogP contribution in [-0.4, -0.2) is 32.3 Å². The van der Waals surface area contributed by atoms with E-state index in [1.165, 1.54) is 11.8 Å². The van der Waals surface area contributed by atoms with Crippen LogP contribution in [0, 0.1) is 6.92 Å². The molecule has 0 aliphatic carbocycles. The summed E-state index contributed by atoms with van der Waals surface area (Å²) >= 11 is 7.36. The molecule has 0 bridgehead atoms. The Morgan fingerprint density at radius 1 is 1.17 bits per heavy atom. The van der Waals surface area contributed by atoms with Gasteiger partial charge in [0.25, 0.3) is 5.91 Å². The maximum Gasteiger partial charge on any atom is 0.251 e. The number of hydrogen-bond donors (Lipinski definition) is 2. The Kier molecular flexibility index (Phi) is 7.12. The Labute approximate surface area is 184 Å². The van der Waals surface area contributed by atoms with Gasteiger partial charge in [-0.15, -0.1) is 10.2 Å². The van der Waals surface area contributed by atoms with E-state index in [4.69, 9.17) is 11.6 Å². The first-order valence-corrected chi connectivity index (χ1v) is 10.7. The van der Waals surface area contributed by atoms with Gasteiger partial charge in [0, 0.05) is 23.3 Å². The Bertz CT molecular complexity index is 1050. The van der Waals surface area contributed by atoms with Gasteiger partial charge in [-0.05, 0) is 43.7 Å². The zero-order valence-electron chi connectivity index (χ0n) is 16.8. The number of nitrogens with one attached hydrogen (secondary N) is 2. The molecule has 0 aliphatic rings. The van der Waals surface area contributed by atoms with E-state index in [0.717, 1.165) is 5.56 Å². The number of anilines is 1. The number of rotatable bonds is 7. The summed E-state index contributed by atoms with van der Waals surface area (Å²) in [6.45, 7) is 3.74. The van der Waals surface area contributed by atoms with Crippen molar-refractivity contribution in [1.82, 2.24) is 20.1 Å². The average molecular weight is 444 g/mol. The highest BCUT2D eigenvalue weighted by Crippen LogP contribution is 2.22. The number of carbonyl (C=O) groups is 2. The number of halogens is 1. The molecule has 1 heterocycles. The minimum absolute atomic E-state index is 0.169. The largest absolute Gasteiger partial charge is 0.342 e. The van der Waals surface area contributed by atoms with Crippen LogP contribution in [0.15, 0.2) is 53.7 Å². The van der Waals surface area contributed by atoms with Gasteiger partial charge in [0.05, 0.1) is 11.8 Å². The van der Waals surface area contributed by atoms with Crippen molar-refractivity contribution in [3.63, 3.8) is 0 Å². The standard InChI is InChI=1S/C21H22ClN5O2S/c1-13-9-10-16(11-17(13)22)24-18(28)12-30-21-26-25-19(27(21)3)14(2)23-20(29)15-7-5-4-6-8-15/h4-11,14H,12H2,1-3H3,(H,23,29)(H,24,28)/t14-/m1/s1. The monoisotopic (exact) mass is 443 g/mol. The minimum Gasteiger partial charge on any atom is -0.342 e. The molecule has 0 spiro atoms. The molecule has 1 atom stereocenters. The number of hydrogen-bond acceptors (Lipinski definition) is 5. The third-order valence-corrected chi connectivity index (χ3v) is 5.85. The molecule has 0 saturated heterocycles. The van der Waals surface area contributed by atoms with Crippen molar-refractivity contribution in [3.05, 3.63) is 70.5 Å². The third-order valence-electron chi connectivity index (χ3n) is 4.43. The first-order valence-electron chi connectivity index (χ1n) is 9.29. The van der Waals surface area contributed by atoms with Gasteiger partial charge in [-0.2, -0.15) is 0 Å². The molecule has 3 rings (SSSR count). The fourth-order valence-corrected chi connectivity index (χ4v) is 3.66. The molecule has 0 saturated carbocycles. The van der Waals surface area contributed by atoms with Crippen LogP contribution in [0.3, 0.4) is 0 Å². The van der Waals surface area contributed by atoms with E-state index in [2.05, 4.69) is 20.8 Å². The summed E-state index contributed by atoms with van der Waals surface area (Å²) in [4.78, 5) is 24.6. The lowest BCUT2D eigenvalue weighted by atomic mass is 10.2. The second-order valence-electron chi connectivity index (χ2n) is 6.76. The second-order valence-corrected chi connectivity index (χ2v) is 8.11. The Morgan fingerprint density at radius 2 is 1.90 bits per heavy atom. The maximum atomic E-state index is 12.3. The molecule has 0 fully saturated rings. The van der Waals surface area contributed by atoms with Gasteiger partial charge >= 0.3 is 0 Å². The highest BCUT2D eigenvalue weighted by Gasteiger charge is 2.19. The molecule has 0 aliphatic heterocycles. The number of benzene rings is 2. The Morgan fingerprint density at radius 3 is 2.60 bits per heavy atom. The molecule has 156 valence electrons. The number of aryl methyl sites for hydroxylation is 1. The molecule has 0 radical (unpaired) electrons. The van der Waals surface area contributed by atoms with Gasteiger partial charge in [-0.1, -0.05) is 47.6 Å². The molecule has 3 aromatic rings. The molecule has 2 N–H and O–H groups in total. The van der Waals surface area contributed by atoms with Gasteiger partial charge in [0.1, 0.15) is 0 Å². The smallest absolute Gasteiger partial charge is 0.251 e. The van der Waals surface area contributed by atoms with Crippen molar-refractivity contribution >= 4 is 40.9 Å². The van der Waals surface area contributed by atoms with Crippen molar-refractivity contribution in [2.45, 2.75) is 25.0 Å². The van der Waals surface area contributed by atoms with Crippen LogP contribution >= 0.6 is 23.4 Å². The zero-order chi connectivity index (χ0) is 21.7. The molecule has 2 amide bonds. The molecule has 2 aromatic carbocycles. The summed E-state index contributed by atoms with van der Waals surface area (Å²) in [6.07, 6.45) is 0. The molecular weight excluding hydrogens is 422 g/mol. The van der Waals surface area contributed by atoms with Crippen LogP contribution in [0.5, 0.6) is 0 Å². The van der Waals surface area contributed by atoms with Gasteiger partial charge < -0.3 is 15.2 Å². The number of carbonyl (C=O) groups excluding carboxylic acids is 2. The normalized spacial score (nSPS) is 11.7. The van der Waals surface area contributed by atoms with Gasteiger partial charge in [-0.3, -0.25) is 9.59 Å². The number of thioether (sulfide) groups is 1. The highest BCUT2D eigenvalue weighted by atomic mass is 35.5. The lowest BCUT2D eigenvalue weighted by Crippen LogP contribution is -2.28. The first kappa shape index (κ1) is 21.9. The van der Waals surface area contributed by atoms with E-state index in [1.807, 2.05) is 38.1 Å². The molecule has 1 aromatic heterocycles. The van der Waals surface area contributed by atoms with Crippen LogP contribution < -0.4 is 10.6 Å². The van der Waals surface area contributed by atoms with Gasteiger partial charge in [0.2, 0.25) is 5.91 Å². The van der Waals surface area contributed by atoms with Crippen LogP contribution in [0.2, 0.25) is 5.02 Å². The maximum absolute atomic E-state index is 12.3.